The fourth-order valence-corrected chi connectivity index (χ4v) is 1.31. The lowest BCUT2D eigenvalue weighted by molar-refractivity contribution is -0.122. The molecule has 0 rings (SSSR count). The second-order valence-electron chi connectivity index (χ2n) is 3.26. The Morgan fingerprint density at radius 2 is 1.64 bits per heavy atom. The third-order valence-electron chi connectivity index (χ3n) is 2.31. The van der Waals surface area contributed by atoms with Gasteiger partial charge in [0.05, 0.1) is 0 Å². The van der Waals surface area contributed by atoms with Crippen molar-refractivity contribution in [3.8, 4) is 0 Å². The van der Waals surface area contributed by atoms with Crippen molar-refractivity contribution in [3.63, 3.8) is 0 Å². The third-order valence-corrected chi connectivity index (χ3v) is 2.31. The lowest BCUT2D eigenvalue weighted by atomic mass is 10.1. The van der Waals surface area contributed by atoms with Crippen molar-refractivity contribution >= 4 is 0 Å². The van der Waals surface area contributed by atoms with E-state index in [1.165, 1.54) is 0 Å². The van der Waals surface area contributed by atoms with Gasteiger partial charge in [-0.15, -0.1) is 0 Å². The van der Waals surface area contributed by atoms with Crippen LogP contribution < -0.4 is 0 Å². The van der Waals surface area contributed by atoms with Crippen molar-refractivity contribution in [3.05, 3.63) is 12.3 Å². The first kappa shape index (κ1) is 13.5. The molecule has 0 aromatic rings. The average molecular weight is 201 g/mol. The Morgan fingerprint density at radius 3 is 2.00 bits per heavy atom. The van der Waals surface area contributed by atoms with Gasteiger partial charge in [-0.25, -0.2) is 0 Å². The van der Waals surface area contributed by atoms with E-state index in [9.17, 15) is 0 Å². The number of rotatable bonds is 7. The maximum absolute atomic E-state index is 5.17. The Kier molecular flexibility index (Phi) is 7.52. The lowest BCUT2D eigenvalue weighted by Crippen LogP contribution is -2.22. The normalized spacial score (nSPS) is 13.9. The Labute approximate surface area is 87.7 Å². The van der Waals surface area contributed by atoms with Crippen molar-refractivity contribution in [2.24, 2.45) is 5.92 Å². The van der Waals surface area contributed by atoms with Crippen LogP contribution in [0.4, 0.5) is 0 Å². The Balaban J connectivity index is 4.06. The SMILES string of the molecule is CCN(/C=C/C(C)C(OC)OC)CC. The van der Waals surface area contributed by atoms with Gasteiger partial charge in [-0.2, -0.15) is 0 Å². The Hall–Kier alpha value is -0.540. The zero-order valence-corrected chi connectivity index (χ0v) is 9.99. The molecule has 3 nitrogen and oxygen atoms in total. The highest BCUT2D eigenvalue weighted by molar-refractivity contribution is 4.87. The first-order valence-electron chi connectivity index (χ1n) is 5.17. The van der Waals surface area contributed by atoms with Gasteiger partial charge >= 0.3 is 0 Å². The van der Waals surface area contributed by atoms with Crippen LogP contribution in [0.5, 0.6) is 0 Å². The first-order chi connectivity index (χ1) is 6.69. The molecule has 0 aromatic carbocycles. The van der Waals surface area contributed by atoms with Crippen LogP contribution in [0.2, 0.25) is 0 Å². The number of nitrogens with zero attached hydrogens (tertiary/aromatic N) is 1. The summed E-state index contributed by atoms with van der Waals surface area (Å²) in [6.45, 7) is 8.43. The minimum atomic E-state index is -0.151. The summed E-state index contributed by atoms with van der Waals surface area (Å²) in [6.07, 6.45) is 4.07. The zero-order chi connectivity index (χ0) is 11.0. The van der Waals surface area contributed by atoms with Crippen LogP contribution in [0.15, 0.2) is 12.3 Å². The molecule has 1 unspecified atom stereocenters. The quantitative estimate of drug-likeness (QED) is 0.589. The number of hydrogen-bond acceptors (Lipinski definition) is 3. The van der Waals surface area contributed by atoms with Gasteiger partial charge in [0.15, 0.2) is 6.29 Å². The second-order valence-corrected chi connectivity index (χ2v) is 3.26. The van der Waals surface area contributed by atoms with Gasteiger partial charge in [-0.1, -0.05) is 13.0 Å². The van der Waals surface area contributed by atoms with E-state index in [4.69, 9.17) is 9.47 Å². The van der Waals surface area contributed by atoms with Gasteiger partial charge in [0.1, 0.15) is 0 Å². The molecule has 0 heterocycles. The summed E-state index contributed by atoms with van der Waals surface area (Å²) in [5, 5.41) is 0. The van der Waals surface area contributed by atoms with Crippen molar-refractivity contribution in [1.29, 1.82) is 0 Å². The van der Waals surface area contributed by atoms with Crippen LogP contribution in [0.25, 0.3) is 0 Å². The van der Waals surface area contributed by atoms with Gasteiger partial charge in [0.2, 0.25) is 0 Å². The van der Waals surface area contributed by atoms with E-state index in [-0.39, 0.29) is 12.2 Å². The maximum atomic E-state index is 5.17. The highest BCUT2D eigenvalue weighted by atomic mass is 16.7. The molecule has 0 radical (unpaired) electrons. The summed E-state index contributed by atoms with van der Waals surface area (Å²) in [6, 6.07) is 0. The molecule has 0 bridgehead atoms. The van der Waals surface area contributed by atoms with Crippen LogP contribution in [0.3, 0.4) is 0 Å². The van der Waals surface area contributed by atoms with Crippen molar-refractivity contribution in [2.45, 2.75) is 27.1 Å². The minimum absolute atomic E-state index is 0.151. The van der Waals surface area contributed by atoms with E-state index in [1.54, 1.807) is 14.2 Å². The van der Waals surface area contributed by atoms with E-state index < -0.39 is 0 Å². The average Bonchev–Trinajstić information content (AvgIpc) is 2.21. The Morgan fingerprint density at radius 1 is 1.14 bits per heavy atom. The molecule has 0 aliphatic carbocycles. The standard InChI is InChI=1S/C11H23NO2/c1-6-12(7-2)9-8-10(3)11(13-4)14-5/h8-11H,6-7H2,1-5H3/b9-8+. The zero-order valence-electron chi connectivity index (χ0n) is 9.99. The predicted molar refractivity (Wildman–Crippen MR) is 59.0 cm³/mol. The maximum Gasteiger partial charge on any atom is 0.162 e. The molecule has 0 aromatic heterocycles. The number of methoxy groups -OCH3 is 2. The van der Waals surface area contributed by atoms with E-state index in [0.29, 0.717) is 0 Å². The van der Waals surface area contributed by atoms with Gasteiger partial charge in [0.25, 0.3) is 0 Å². The van der Waals surface area contributed by atoms with E-state index in [0.717, 1.165) is 13.1 Å². The summed E-state index contributed by atoms with van der Waals surface area (Å²) in [5.74, 6) is 0.269. The molecular formula is C11H23NO2. The fourth-order valence-electron chi connectivity index (χ4n) is 1.31. The molecule has 1 atom stereocenters. The van der Waals surface area contributed by atoms with Crippen LogP contribution in [0.1, 0.15) is 20.8 Å². The van der Waals surface area contributed by atoms with Gasteiger partial charge < -0.3 is 14.4 Å². The highest BCUT2D eigenvalue weighted by Gasteiger charge is 2.12. The van der Waals surface area contributed by atoms with Crippen molar-refractivity contribution in [2.75, 3.05) is 27.3 Å². The largest absolute Gasteiger partial charge is 0.378 e. The summed E-state index contributed by atoms with van der Waals surface area (Å²) in [7, 11) is 3.33. The molecule has 0 spiro atoms. The Bertz CT molecular complexity index is 151. The van der Waals surface area contributed by atoms with Crippen LogP contribution in [-0.4, -0.2) is 38.5 Å². The molecule has 0 aliphatic heterocycles. The molecule has 0 aliphatic rings. The van der Waals surface area contributed by atoms with Crippen LogP contribution in [0, 0.1) is 5.92 Å². The van der Waals surface area contributed by atoms with E-state index in [1.807, 2.05) is 0 Å². The minimum Gasteiger partial charge on any atom is -0.378 e. The van der Waals surface area contributed by atoms with Crippen molar-refractivity contribution < 1.29 is 9.47 Å². The summed E-state index contributed by atoms with van der Waals surface area (Å²) in [5.41, 5.74) is 0. The highest BCUT2D eigenvalue weighted by Crippen LogP contribution is 2.09. The molecule has 0 fully saturated rings. The van der Waals surface area contributed by atoms with Gasteiger partial charge in [-0.3, -0.25) is 0 Å². The van der Waals surface area contributed by atoms with Crippen LogP contribution >= 0.6 is 0 Å². The summed E-state index contributed by atoms with van der Waals surface area (Å²) in [4.78, 5) is 2.24. The number of hydrogen-bond donors (Lipinski definition) is 0. The monoisotopic (exact) mass is 201 g/mol. The van der Waals surface area contributed by atoms with E-state index >= 15 is 0 Å². The fraction of sp³-hybridized carbons (Fsp3) is 0.818. The molecule has 84 valence electrons. The summed E-state index contributed by atoms with van der Waals surface area (Å²) < 4.78 is 10.3. The molecule has 14 heavy (non-hydrogen) atoms. The lowest BCUT2D eigenvalue weighted by Gasteiger charge is -2.20. The summed E-state index contributed by atoms with van der Waals surface area (Å²) >= 11 is 0. The molecule has 0 saturated carbocycles. The molecule has 0 amide bonds. The van der Waals surface area contributed by atoms with Crippen LogP contribution in [-0.2, 0) is 9.47 Å². The molecular weight excluding hydrogens is 178 g/mol. The first-order valence-corrected chi connectivity index (χ1v) is 5.17. The molecule has 0 saturated heterocycles. The van der Waals surface area contributed by atoms with Crippen molar-refractivity contribution in [1.82, 2.24) is 4.90 Å². The number of ether oxygens (including phenoxy) is 2. The van der Waals surface area contributed by atoms with Gasteiger partial charge in [0, 0.05) is 33.2 Å². The van der Waals surface area contributed by atoms with E-state index in [2.05, 4.69) is 37.9 Å². The molecule has 3 heteroatoms. The molecule has 0 N–H and O–H groups in total. The van der Waals surface area contributed by atoms with Gasteiger partial charge in [-0.05, 0) is 20.0 Å². The second kappa shape index (κ2) is 7.83. The predicted octanol–water partition coefficient (Wildman–Crippen LogP) is 2.10. The third kappa shape index (κ3) is 4.63. The topological polar surface area (TPSA) is 21.7 Å². The smallest absolute Gasteiger partial charge is 0.162 e.